The topological polar surface area (TPSA) is 95.1 Å². The van der Waals surface area contributed by atoms with Gasteiger partial charge in [-0.2, -0.15) is 5.10 Å². The Kier molecular flexibility index (Phi) is 4.59. The summed E-state index contributed by atoms with van der Waals surface area (Å²) in [6.45, 7) is 1.82. The summed E-state index contributed by atoms with van der Waals surface area (Å²) in [5, 5.41) is 15.5. The zero-order valence-electron chi connectivity index (χ0n) is 11.1. The summed E-state index contributed by atoms with van der Waals surface area (Å²) in [5.74, 6) is 0.418. The smallest absolute Gasteiger partial charge is 0.260 e. The number of H-pyrrole nitrogens is 1. The van der Waals surface area contributed by atoms with Crippen LogP contribution < -0.4 is 4.72 Å². The molecular weight excluding hydrogens is 266 g/mol. The van der Waals surface area contributed by atoms with E-state index in [1.807, 2.05) is 0 Å². The zero-order chi connectivity index (χ0) is 13.9. The molecule has 1 aromatic heterocycles. The van der Waals surface area contributed by atoms with Crippen molar-refractivity contribution in [3.63, 3.8) is 0 Å². The minimum Gasteiger partial charge on any atom is -0.392 e. The van der Waals surface area contributed by atoms with Crippen LogP contribution >= 0.6 is 0 Å². The summed E-state index contributed by atoms with van der Waals surface area (Å²) in [6.07, 6.45) is 5.76. The van der Waals surface area contributed by atoms with Crippen molar-refractivity contribution in [3.8, 4) is 0 Å². The van der Waals surface area contributed by atoms with Crippen LogP contribution in [0.25, 0.3) is 0 Å². The molecule has 1 aliphatic carbocycles. The van der Waals surface area contributed by atoms with E-state index in [0.717, 1.165) is 12.8 Å². The number of hydrogen-bond donors (Lipinski definition) is 3. The van der Waals surface area contributed by atoms with Gasteiger partial charge in [0.15, 0.2) is 5.03 Å². The van der Waals surface area contributed by atoms with E-state index in [0.29, 0.717) is 23.7 Å². The van der Waals surface area contributed by atoms with E-state index in [9.17, 15) is 13.5 Å². The molecular formula is C12H21N3O3S. The molecule has 0 amide bonds. The van der Waals surface area contributed by atoms with Gasteiger partial charge < -0.3 is 5.11 Å². The third kappa shape index (κ3) is 3.34. The molecule has 1 saturated carbocycles. The highest BCUT2D eigenvalue weighted by Crippen LogP contribution is 2.23. The molecule has 1 fully saturated rings. The summed E-state index contributed by atoms with van der Waals surface area (Å²) < 4.78 is 26.9. The van der Waals surface area contributed by atoms with Crippen molar-refractivity contribution in [2.75, 3.05) is 6.54 Å². The van der Waals surface area contributed by atoms with Crippen molar-refractivity contribution < 1.29 is 13.5 Å². The lowest BCUT2D eigenvalue weighted by Gasteiger charge is -2.21. The fourth-order valence-corrected chi connectivity index (χ4v) is 3.83. The minimum absolute atomic E-state index is 0.0803. The second kappa shape index (κ2) is 6.02. The number of nitrogens with zero attached hydrogens (tertiary/aromatic N) is 1. The van der Waals surface area contributed by atoms with Crippen LogP contribution in [0, 0.1) is 12.8 Å². The van der Waals surface area contributed by atoms with Crippen molar-refractivity contribution in [3.05, 3.63) is 11.3 Å². The van der Waals surface area contributed by atoms with Gasteiger partial charge in [0, 0.05) is 17.8 Å². The van der Waals surface area contributed by atoms with Crippen LogP contribution in [-0.4, -0.2) is 30.3 Å². The van der Waals surface area contributed by atoms with Gasteiger partial charge in [-0.05, 0) is 25.7 Å². The van der Waals surface area contributed by atoms with Crippen molar-refractivity contribution in [1.82, 2.24) is 14.9 Å². The van der Waals surface area contributed by atoms with Gasteiger partial charge in [0.05, 0.1) is 6.61 Å². The van der Waals surface area contributed by atoms with Crippen LogP contribution in [0.2, 0.25) is 0 Å². The predicted octanol–water partition coefficient (Wildman–Crippen LogP) is 1.07. The lowest BCUT2D eigenvalue weighted by molar-refractivity contribution is 0.277. The summed E-state index contributed by atoms with van der Waals surface area (Å²) in [4.78, 5) is 0. The maximum absolute atomic E-state index is 12.2. The van der Waals surface area contributed by atoms with Gasteiger partial charge in [0.1, 0.15) is 0 Å². The first-order valence-corrected chi connectivity index (χ1v) is 8.17. The van der Waals surface area contributed by atoms with Gasteiger partial charge in [0.25, 0.3) is 10.0 Å². The number of aliphatic hydroxyl groups excluding tert-OH is 1. The molecule has 0 atom stereocenters. The quantitative estimate of drug-likeness (QED) is 0.755. The minimum atomic E-state index is -3.63. The van der Waals surface area contributed by atoms with Crippen molar-refractivity contribution in [2.24, 2.45) is 5.92 Å². The van der Waals surface area contributed by atoms with E-state index in [-0.39, 0.29) is 11.6 Å². The first-order valence-electron chi connectivity index (χ1n) is 6.69. The maximum atomic E-state index is 12.2. The number of aliphatic hydroxyl groups is 1. The van der Waals surface area contributed by atoms with E-state index < -0.39 is 10.0 Å². The standard InChI is InChI=1S/C12H21N3O3S/c1-9-11(8-16)12(15-14-9)19(17,18)13-7-10-5-3-2-4-6-10/h10,13,16H,2-8H2,1H3,(H,14,15). The second-order valence-electron chi connectivity index (χ2n) is 5.15. The summed E-state index contributed by atoms with van der Waals surface area (Å²) in [7, 11) is -3.63. The first-order chi connectivity index (χ1) is 9.04. The Hall–Kier alpha value is -0.920. The number of sulfonamides is 1. The monoisotopic (exact) mass is 287 g/mol. The molecule has 1 aliphatic rings. The zero-order valence-corrected chi connectivity index (χ0v) is 12.0. The molecule has 1 heterocycles. The number of rotatable bonds is 5. The number of aryl methyl sites for hydroxylation is 1. The Bertz CT molecular complexity index is 518. The molecule has 0 aromatic carbocycles. The highest BCUT2D eigenvalue weighted by molar-refractivity contribution is 7.89. The molecule has 2 rings (SSSR count). The van der Waals surface area contributed by atoms with E-state index in [4.69, 9.17) is 0 Å². The van der Waals surface area contributed by atoms with Crippen LogP contribution in [0.5, 0.6) is 0 Å². The highest BCUT2D eigenvalue weighted by atomic mass is 32.2. The van der Waals surface area contributed by atoms with Crippen LogP contribution in [0.3, 0.4) is 0 Å². The lowest BCUT2D eigenvalue weighted by atomic mass is 9.90. The third-order valence-electron chi connectivity index (χ3n) is 3.74. The molecule has 1 aromatic rings. The van der Waals surface area contributed by atoms with Gasteiger partial charge >= 0.3 is 0 Å². The molecule has 0 aliphatic heterocycles. The Morgan fingerprint density at radius 2 is 2.05 bits per heavy atom. The molecule has 0 radical (unpaired) electrons. The second-order valence-corrected chi connectivity index (χ2v) is 6.83. The molecule has 0 unspecified atom stereocenters. The van der Waals surface area contributed by atoms with Crippen LogP contribution in [0.4, 0.5) is 0 Å². The summed E-state index contributed by atoms with van der Waals surface area (Å²) in [5.41, 5.74) is 0.927. The Morgan fingerprint density at radius 3 is 2.68 bits per heavy atom. The largest absolute Gasteiger partial charge is 0.392 e. The SMILES string of the molecule is Cc1[nH]nc(S(=O)(=O)NCC2CCCCC2)c1CO. The van der Waals surface area contributed by atoms with Gasteiger partial charge in [-0.25, -0.2) is 13.1 Å². The Labute approximate surface area is 113 Å². The van der Waals surface area contributed by atoms with Gasteiger partial charge in [-0.3, -0.25) is 5.10 Å². The average Bonchev–Trinajstić information content (AvgIpc) is 2.79. The van der Waals surface area contributed by atoms with Crippen LogP contribution in [0.15, 0.2) is 5.03 Å². The van der Waals surface area contributed by atoms with Gasteiger partial charge in [-0.1, -0.05) is 19.3 Å². The first kappa shape index (κ1) is 14.5. The Balaban J connectivity index is 2.05. The van der Waals surface area contributed by atoms with E-state index in [2.05, 4.69) is 14.9 Å². The van der Waals surface area contributed by atoms with E-state index >= 15 is 0 Å². The molecule has 7 heteroatoms. The predicted molar refractivity (Wildman–Crippen MR) is 71.0 cm³/mol. The summed E-state index contributed by atoms with van der Waals surface area (Å²) in [6, 6.07) is 0. The molecule has 0 bridgehead atoms. The van der Waals surface area contributed by atoms with Crippen molar-refractivity contribution in [1.29, 1.82) is 0 Å². The molecule has 19 heavy (non-hydrogen) atoms. The molecule has 0 spiro atoms. The lowest BCUT2D eigenvalue weighted by Crippen LogP contribution is -2.31. The molecule has 108 valence electrons. The third-order valence-corrected chi connectivity index (χ3v) is 5.13. The Morgan fingerprint density at radius 1 is 1.37 bits per heavy atom. The molecule has 3 N–H and O–H groups in total. The fourth-order valence-electron chi connectivity index (χ4n) is 2.53. The van der Waals surface area contributed by atoms with Crippen molar-refractivity contribution >= 4 is 10.0 Å². The van der Waals surface area contributed by atoms with Gasteiger partial charge in [0.2, 0.25) is 0 Å². The van der Waals surface area contributed by atoms with Gasteiger partial charge in [-0.15, -0.1) is 0 Å². The summed E-state index contributed by atoms with van der Waals surface area (Å²) >= 11 is 0. The number of nitrogens with one attached hydrogen (secondary N) is 2. The van der Waals surface area contributed by atoms with Crippen LogP contribution in [-0.2, 0) is 16.6 Å². The normalized spacial score (nSPS) is 17.8. The van der Waals surface area contributed by atoms with E-state index in [1.54, 1.807) is 6.92 Å². The highest BCUT2D eigenvalue weighted by Gasteiger charge is 2.24. The number of hydrogen-bond acceptors (Lipinski definition) is 4. The molecule has 0 saturated heterocycles. The van der Waals surface area contributed by atoms with Crippen LogP contribution in [0.1, 0.15) is 43.4 Å². The van der Waals surface area contributed by atoms with E-state index in [1.165, 1.54) is 19.3 Å². The molecule has 6 nitrogen and oxygen atoms in total. The number of aromatic nitrogens is 2. The maximum Gasteiger partial charge on any atom is 0.260 e. The van der Waals surface area contributed by atoms with Crippen molar-refractivity contribution in [2.45, 2.75) is 50.7 Å². The average molecular weight is 287 g/mol. The fraction of sp³-hybridized carbons (Fsp3) is 0.750. The number of aromatic amines is 1.